The summed E-state index contributed by atoms with van der Waals surface area (Å²) in [4.78, 5) is 11.2. The van der Waals surface area contributed by atoms with Crippen molar-refractivity contribution < 1.29 is 9.90 Å². The lowest BCUT2D eigenvalue weighted by atomic mass is 9.76. The summed E-state index contributed by atoms with van der Waals surface area (Å²) >= 11 is 0. The molecule has 86 valence electrons. The molecule has 0 bridgehead atoms. The Bertz CT molecular complexity index is 379. The number of carboxylic acids is 1. The van der Waals surface area contributed by atoms with Gasteiger partial charge in [-0.25, -0.2) is 0 Å². The summed E-state index contributed by atoms with van der Waals surface area (Å²) in [6, 6.07) is 10.0. The molecular weight excluding hydrogens is 200 g/mol. The van der Waals surface area contributed by atoms with Gasteiger partial charge in [0.05, 0.1) is 5.92 Å². The number of carboxylic acid groups (broad SMARTS) is 1. The monoisotopic (exact) mass is 218 g/mol. The van der Waals surface area contributed by atoms with Crippen LogP contribution in [0.1, 0.15) is 38.2 Å². The fourth-order valence-corrected chi connectivity index (χ4v) is 2.61. The minimum atomic E-state index is -0.693. The van der Waals surface area contributed by atoms with Crippen LogP contribution in [0.15, 0.2) is 30.3 Å². The van der Waals surface area contributed by atoms with Crippen LogP contribution in [0.3, 0.4) is 0 Å². The van der Waals surface area contributed by atoms with Gasteiger partial charge in [-0.15, -0.1) is 0 Å². The predicted molar refractivity (Wildman–Crippen MR) is 63.3 cm³/mol. The molecule has 0 heterocycles. The third-order valence-corrected chi connectivity index (χ3v) is 3.84. The number of hydrogen-bond donors (Lipinski definition) is 1. The molecule has 1 aliphatic rings. The van der Waals surface area contributed by atoms with Crippen molar-refractivity contribution in [3.63, 3.8) is 0 Å². The molecule has 2 atom stereocenters. The van der Waals surface area contributed by atoms with Crippen LogP contribution in [-0.2, 0) is 4.79 Å². The van der Waals surface area contributed by atoms with E-state index in [-0.39, 0.29) is 17.3 Å². The van der Waals surface area contributed by atoms with Gasteiger partial charge in [0.1, 0.15) is 0 Å². The lowest BCUT2D eigenvalue weighted by Crippen LogP contribution is -2.25. The van der Waals surface area contributed by atoms with Crippen molar-refractivity contribution in [2.75, 3.05) is 0 Å². The van der Waals surface area contributed by atoms with Gasteiger partial charge >= 0.3 is 5.97 Å². The molecule has 2 heteroatoms. The molecule has 0 amide bonds. The van der Waals surface area contributed by atoms with Gasteiger partial charge in [-0.05, 0) is 23.8 Å². The first-order valence-electron chi connectivity index (χ1n) is 5.82. The number of rotatable bonds is 4. The summed E-state index contributed by atoms with van der Waals surface area (Å²) in [7, 11) is 0. The minimum absolute atomic E-state index is 0.145. The van der Waals surface area contributed by atoms with Gasteiger partial charge in [0.25, 0.3) is 0 Å². The lowest BCUT2D eigenvalue weighted by Gasteiger charge is -2.27. The summed E-state index contributed by atoms with van der Waals surface area (Å²) in [5.74, 6) is -0.858. The maximum atomic E-state index is 11.2. The summed E-state index contributed by atoms with van der Waals surface area (Å²) in [5.41, 5.74) is 1.36. The van der Waals surface area contributed by atoms with Gasteiger partial charge in [-0.2, -0.15) is 0 Å². The molecule has 0 aliphatic heterocycles. The van der Waals surface area contributed by atoms with Crippen LogP contribution < -0.4 is 0 Å². The molecular formula is C14H18O2. The molecule has 1 N–H and O–H groups in total. The number of aliphatic carboxylic acids is 1. The first kappa shape index (κ1) is 11.2. The van der Waals surface area contributed by atoms with Gasteiger partial charge in [0, 0.05) is 5.92 Å². The molecule has 1 aliphatic carbocycles. The van der Waals surface area contributed by atoms with Crippen LogP contribution in [0.25, 0.3) is 0 Å². The molecule has 1 saturated carbocycles. The van der Waals surface area contributed by atoms with E-state index in [9.17, 15) is 9.90 Å². The maximum Gasteiger partial charge on any atom is 0.306 e. The SMILES string of the molecule is C[C@H](C(=O)O)[C@H](c1ccccc1)C1(C)CC1. The Morgan fingerprint density at radius 2 is 1.88 bits per heavy atom. The van der Waals surface area contributed by atoms with Gasteiger partial charge < -0.3 is 5.11 Å². The summed E-state index contributed by atoms with van der Waals surface area (Å²) in [5, 5.41) is 9.20. The number of benzene rings is 1. The summed E-state index contributed by atoms with van der Waals surface area (Å²) < 4.78 is 0. The highest BCUT2D eigenvalue weighted by molar-refractivity contribution is 5.71. The quantitative estimate of drug-likeness (QED) is 0.842. The van der Waals surface area contributed by atoms with Crippen LogP contribution in [0, 0.1) is 11.3 Å². The summed E-state index contributed by atoms with van der Waals surface area (Å²) in [6.07, 6.45) is 2.29. The van der Waals surface area contributed by atoms with Gasteiger partial charge in [-0.1, -0.05) is 44.2 Å². The lowest BCUT2D eigenvalue weighted by molar-refractivity contribution is -0.142. The standard InChI is InChI=1S/C14H18O2/c1-10(13(15)16)12(14(2)8-9-14)11-6-4-3-5-7-11/h3-7,10,12H,8-9H2,1-2H3,(H,15,16)/t10-,12+/m0/s1. The van der Waals surface area contributed by atoms with Crippen LogP contribution >= 0.6 is 0 Å². The first-order valence-corrected chi connectivity index (χ1v) is 5.82. The highest BCUT2D eigenvalue weighted by atomic mass is 16.4. The molecule has 0 spiro atoms. The van der Waals surface area contributed by atoms with Crippen molar-refractivity contribution in [2.45, 2.75) is 32.6 Å². The zero-order valence-corrected chi connectivity index (χ0v) is 9.81. The van der Waals surface area contributed by atoms with Crippen LogP contribution in [0.4, 0.5) is 0 Å². The average Bonchev–Trinajstić information content (AvgIpc) is 2.98. The Kier molecular flexibility index (Phi) is 2.75. The van der Waals surface area contributed by atoms with Crippen molar-refractivity contribution >= 4 is 5.97 Å². The molecule has 0 aromatic heterocycles. The van der Waals surface area contributed by atoms with Crippen LogP contribution in [0.2, 0.25) is 0 Å². The highest BCUT2D eigenvalue weighted by Gasteiger charge is 2.49. The Morgan fingerprint density at radius 1 is 1.31 bits per heavy atom. The molecule has 0 radical (unpaired) electrons. The van der Waals surface area contributed by atoms with Crippen molar-refractivity contribution in [1.82, 2.24) is 0 Å². The summed E-state index contributed by atoms with van der Waals surface area (Å²) in [6.45, 7) is 4.02. The second kappa shape index (κ2) is 3.93. The van der Waals surface area contributed by atoms with Gasteiger partial charge in [0.2, 0.25) is 0 Å². The Hall–Kier alpha value is -1.31. The number of carbonyl (C=O) groups is 1. The molecule has 0 saturated heterocycles. The van der Waals surface area contributed by atoms with Crippen LogP contribution in [-0.4, -0.2) is 11.1 Å². The Morgan fingerprint density at radius 3 is 2.31 bits per heavy atom. The largest absolute Gasteiger partial charge is 0.481 e. The molecule has 1 aromatic rings. The van der Waals surface area contributed by atoms with Crippen molar-refractivity contribution in [3.05, 3.63) is 35.9 Å². The average molecular weight is 218 g/mol. The minimum Gasteiger partial charge on any atom is -0.481 e. The van der Waals surface area contributed by atoms with E-state index in [1.807, 2.05) is 37.3 Å². The molecule has 0 unspecified atom stereocenters. The Balaban J connectivity index is 2.33. The van der Waals surface area contributed by atoms with E-state index in [1.54, 1.807) is 0 Å². The zero-order valence-electron chi connectivity index (χ0n) is 9.81. The van der Waals surface area contributed by atoms with E-state index in [0.29, 0.717) is 0 Å². The molecule has 1 aromatic carbocycles. The normalized spacial score (nSPS) is 21.1. The van der Waals surface area contributed by atoms with Crippen LogP contribution in [0.5, 0.6) is 0 Å². The number of hydrogen-bond acceptors (Lipinski definition) is 1. The van der Waals surface area contributed by atoms with E-state index in [1.165, 1.54) is 0 Å². The predicted octanol–water partition coefficient (Wildman–Crippen LogP) is 3.29. The van der Waals surface area contributed by atoms with E-state index in [2.05, 4.69) is 6.92 Å². The van der Waals surface area contributed by atoms with Crippen molar-refractivity contribution in [1.29, 1.82) is 0 Å². The van der Waals surface area contributed by atoms with Crippen molar-refractivity contribution in [2.24, 2.45) is 11.3 Å². The Labute approximate surface area is 96.3 Å². The van der Waals surface area contributed by atoms with E-state index in [4.69, 9.17) is 0 Å². The molecule has 2 rings (SSSR count). The first-order chi connectivity index (χ1) is 7.54. The maximum absolute atomic E-state index is 11.2. The third kappa shape index (κ3) is 1.97. The van der Waals surface area contributed by atoms with E-state index < -0.39 is 5.97 Å². The van der Waals surface area contributed by atoms with Gasteiger partial charge in [0.15, 0.2) is 0 Å². The third-order valence-electron chi connectivity index (χ3n) is 3.84. The molecule has 1 fully saturated rings. The van der Waals surface area contributed by atoms with E-state index in [0.717, 1.165) is 18.4 Å². The fourth-order valence-electron chi connectivity index (χ4n) is 2.61. The van der Waals surface area contributed by atoms with Crippen molar-refractivity contribution in [3.8, 4) is 0 Å². The topological polar surface area (TPSA) is 37.3 Å². The van der Waals surface area contributed by atoms with Gasteiger partial charge in [-0.3, -0.25) is 4.79 Å². The second-order valence-corrected chi connectivity index (χ2v) is 5.17. The molecule has 16 heavy (non-hydrogen) atoms. The second-order valence-electron chi connectivity index (χ2n) is 5.17. The zero-order chi connectivity index (χ0) is 11.8. The fraction of sp³-hybridized carbons (Fsp3) is 0.500. The van der Waals surface area contributed by atoms with E-state index >= 15 is 0 Å². The smallest absolute Gasteiger partial charge is 0.306 e. The highest BCUT2D eigenvalue weighted by Crippen LogP contribution is 2.58. The molecule has 2 nitrogen and oxygen atoms in total.